The zero-order valence-corrected chi connectivity index (χ0v) is 22.3. The lowest BCUT2D eigenvalue weighted by atomic mass is 10.2. The van der Waals surface area contributed by atoms with Gasteiger partial charge in [-0.25, -0.2) is 9.37 Å². The number of methoxy groups -OCH3 is 1. The van der Waals surface area contributed by atoms with Gasteiger partial charge in [0.25, 0.3) is 5.56 Å². The molecular weight excluding hydrogens is 581 g/mol. The van der Waals surface area contributed by atoms with E-state index >= 15 is 0 Å². The molecule has 1 heterocycles. The molecule has 0 atom stereocenters. The first-order valence-corrected chi connectivity index (χ1v) is 12.5. The summed E-state index contributed by atoms with van der Waals surface area (Å²) in [6.07, 6.45) is 2.95. The summed E-state index contributed by atoms with van der Waals surface area (Å²) in [7, 11) is 1.54. The minimum absolute atomic E-state index is 0.200. The Bertz CT molecular complexity index is 1450. The van der Waals surface area contributed by atoms with Crippen molar-refractivity contribution >= 4 is 49.0 Å². The normalized spacial score (nSPS) is 11.3. The number of benzene rings is 3. The minimum Gasteiger partial charge on any atom is -0.493 e. The average Bonchev–Trinajstić information content (AvgIpc) is 2.84. The first-order chi connectivity index (χ1) is 16.9. The average molecular weight is 603 g/mol. The lowest BCUT2D eigenvalue weighted by molar-refractivity contribution is 0.284. The van der Waals surface area contributed by atoms with Crippen LogP contribution in [0.4, 0.5) is 4.39 Å². The molecule has 4 rings (SSSR count). The van der Waals surface area contributed by atoms with E-state index in [4.69, 9.17) is 9.47 Å². The zero-order chi connectivity index (χ0) is 24.9. The highest BCUT2D eigenvalue weighted by atomic mass is 79.9. The molecule has 0 N–H and O–H groups in total. The molecule has 35 heavy (non-hydrogen) atoms. The summed E-state index contributed by atoms with van der Waals surface area (Å²) in [5, 5.41) is 4.98. The van der Waals surface area contributed by atoms with Crippen molar-refractivity contribution in [3.63, 3.8) is 0 Å². The highest BCUT2D eigenvalue weighted by Gasteiger charge is 2.14. The van der Waals surface area contributed by atoms with Crippen LogP contribution >= 0.6 is 31.9 Å². The van der Waals surface area contributed by atoms with Gasteiger partial charge in [0.2, 0.25) is 0 Å². The topological polar surface area (TPSA) is 65.7 Å². The Morgan fingerprint density at radius 1 is 1.09 bits per heavy atom. The molecule has 3 aromatic carbocycles. The number of hydrogen-bond acceptors (Lipinski definition) is 5. The molecule has 0 radical (unpaired) electrons. The van der Waals surface area contributed by atoms with E-state index in [1.54, 1.807) is 37.6 Å². The quantitative estimate of drug-likeness (QED) is 0.216. The Morgan fingerprint density at radius 3 is 2.57 bits per heavy atom. The van der Waals surface area contributed by atoms with Gasteiger partial charge in [0.15, 0.2) is 11.5 Å². The van der Waals surface area contributed by atoms with Crippen LogP contribution in [0.2, 0.25) is 0 Å². The summed E-state index contributed by atoms with van der Waals surface area (Å²) < 4.78 is 27.7. The maximum Gasteiger partial charge on any atom is 0.282 e. The van der Waals surface area contributed by atoms with E-state index in [1.165, 1.54) is 16.8 Å². The Morgan fingerprint density at radius 2 is 1.86 bits per heavy atom. The number of hydrogen-bond donors (Lipinski definition) is 0. The van der Waals surface area contributed by atoms with Gasteiger partial charge in [0.05, 0.1) is 24.2 Å². The number of rotatable bonds is 8. The number of aryl methyl sites for hydroxylation is 1. The van der Waals surface area contributed by atoms with Gasteiger partial charge in [-0.15, -0.1) is 0 Å². The lowest BCUT2D eigenvalue weighted by Crippen LogP contribution is -2.22. The van der Waals surface area contributed by atoms with Crippen LogP contribution in [0.25, 0.3) is 10.9 Å². The Kier molecular flexibility index (Phi) is 7.97. The van der Waals surface area contributed by atoms with E-state index in [1.807, 2.05) is 25.1 Å². The highest BCUT2D eigenvalue weighted by molar-refractivity contribution is 9.10. The van der Waals surface area contributed by atoms with Crippen molar-refractivity contribution in [1.29, 1.82) is 0 Å². The fourth-order valence-electron chi connectivity index (χ4n) is 3.55. The van der Waals surface area contributed by atoms with E-state index in [-0.39, 0.29) is 18.0 Å². The Balaban J connectivity index is 1.77. The standard InChI is InChI=1S/C26H22Br2FN3O3/c1-3-4-24-31-22-10-7-18(27)12-21(22)26(33)32(24)30-14-17-11-19(28)13-23(34-2)25(17)35-15-16-5-8-20(29)9-6-16/h5-14H,3-4,15H2,1-2H3. The molecule has 0 saturated carbocycles. The zero-order valence-electron chi connectivity index (χ0n) is 19.1. The molecule has 0 fully saturated rings. The van der Waals surface area contributed by atoms with Crippen LogP contribution in [0.15, 0.2) is 73.4 Å². The van der Waals surface area contributed by atoms with E-state index in [0.717, 1.165) is 20.9 Å². The smallest absolute Gasteiger partial charge is 0.282 e. The molecule has 0 unspecified atom stereocenters. The van der Waals surface area contributed by atoms with Crippen LogP contribution in [0.3, 0.4) is 0 Å². The predicted molar refractivity (Wildman–Crippen MR) is 142 cm³/mol. The van der Waals surface area contributed by atoms with Crippen LogP contribution in [-0.4, -0.2) is 23.0 Å². The van der Waals surface area contributed by atoms with Crippen molar-refractivity contribution < 1.29 is 13.9 Å². The van der Waals surface area contributed by atoms with Crippen LogP contribution in [-0.2, 0) is 13.0 Å². The van der Waals surface area contributed by atoms with Crippen molar-refractivity contribution in [3.8, 4) is 11.5 Å². The molecule has 180 valence electrons. The van der Waals surface area contributed by atoms with Crippen molar-refractivity contribution in [2.45, 2.75) is 26.4 Å². The number of fused-ring (bicyclic) bond motifs is 1. The SMILES string of the molecule is CCCc1nc2ccc(Br)cc2c(=O)n1N=Cc1cc(Br)cc(OC)c1OCc1ccc(F)cc1. The summed E-state index contributed by atoms with van der Waals surface area (Å²) >= 11 is 6.91. The largest absolute Gasteiger partial charge is 0.493 e. The van der Waals surface area contributed by atoms with Crippen molar-refractivity contribution in [1.82, 2.24) is 9.66 Å². The van der Waals surface area contributed by atoms with E-state index in [2.05, 4.69) is 41.9 Å². The highest BCUT2D eigenvalue weighted by Crippen LogP contribution is 2.34. The van der Waals surface area contributed by atoms with Gasteiger partial charge in [-0.3, -0.25) is 4.79 Å². The van der Waals surface area contributed by atoms with Gasteiger partial charge in [-0.2, -0.15) is 9.78 Å². The number of halogens is 3. The molecule has 0 amide bonds. The van der Waals surface area contributed by atoms with Gasteiger partial charge in [-0.05, 0) is 54.4 Å². The predicted octanol–water partition coefficient (Wildman–Crippen LogP) is 6.48. The molecule has 9 heteroatoms. The van der Waals surface area contributed by atoms with Crippen molar-refractivity contribution in [2.24, 2.45) is 5.10 Å². The summed E-state index contributed by atoms with van der Waals surface area (Å²) in [4.78, 5) is 18.0. The van der Waals surface area contributed by atoms with E-state index in [0.29, 0.717) is 40.2 Å². The molecule has 0 bridgehead atoms. The number of aromatic nitrogens is 2. The van der Waals surface area contributed by atoms with Crippen LogP contribution in [0, 0.1) is 5.82 Å². The molecule has 1 aromatic heterocycles. The summed E-state index contributed by atoms with van der Waals surface area (Å²) in [5.41, 5.74) is 1.76. The molecule has 0 aliphatic carbocycles. The fraction of sp³-hybridized carbons (Fsp3) is 0.192. The number of ether oxygens (including phenoxy) is 2. The molecule has 4 aromatic rings. The van der Waals surface area contributed by atoms with Crippen LogP contribution < -0.4 is 15.0 Å². The summed E-state index contributed by atoms with van der Waals surface area (Å²) in [5.74, 6) is 1.20. The van der Waals surface area contributed by atoms with E-state index in [9.17, 15) is 9.18 Å². The molecule has 0 spiro atoms. The minimum atomic E-state index is -0.313. The van der Waals surface area contributed by atoms with Gasteiger partial charge in [0, 0.05) is 20.9 Å². The van der Waals surface area contributed by atoms with Crippen LogP contribution in [0.1, 0.15) is 30.3 Å². The maximum absolute atomic E-state index is 13.3. The summed E-state index contributed by atoms with van der Waals surface area (Å²) in [6.45, 7) is 2.22. The third-order valence-electron chi connectivity index (χ3n) is 5.23. The van der Waals surface area contributed by atoms with Crippen molar-refractivity contribution in [2.75, 3.05) is 7.11 Å². The molecule has 6 nitrogen and oxygen atoms in total. The second kappa shape index (κ2) is 11.1. The fourth-order valence-corrected chi connectivity index (χ4v) is 4.36. The molecular formula is C26H22Br2FN3O3. The second-order valence-electron chi connectivity index (χ2n) is 7.74. The van der Waals surface area contributed by atoms with Crippen molar-refractivity contribution in [3.05, 3.63) is 96.7 Å². The first-order valence-electron chi connectivity index (χ1n) is 10.9. The first kappa shape index (κ1) is 25.1. The molecule has 0 saturated heterocycles. The third kappa shape index (κ3) is 5.79. The van der Waals surface area contributed by atoms with Crippen LogP contribution in [0.5, 0.6) is 11.5 Å². The second-order valence-corrected chi connectivity index (χ2v) is 9.57. The third-order valence-corrected chi connectivity index (χ3v) is 6.18. The van der Waals surface area contributed by atoms with Gasteiger partial charge >= 0.3 is 0 Å². The monoisotopic (exact) mass is 601 g/mol. The molecule has 0 aliphatic heterocycles. The molecule has 0 aliphatic rings. The Hall–Kier alpha value is -3.04. The Labute approximate surface area is 218 Å². The maximum atomic E-state index is 13.3. The van der Waals surface area contributed by atoms with Gasteiger partial charge in [-0.1, -0.05) is 50.9 Å². The number of nitrogens with zero attached hydrogens (tertiary/aromatic N) is 3. The van der Waals surface area contributed by atoms with Gasteiger partial charge < -0.3 is 9.47 Å². The van der Waals surface area contributed by atoms with E-state index < -0.39 is 0 Å². The van der Waals surface area contributed by atoms with Gasteiger partial charge in [0.1, 0.15) is 18.2 Å². The lowest BCUT2D eigenvalue weighted by Gasteiger charge is -2.14. The summed E-state index contributed by atoms with van der Waals surface area (Å²) in [6, 6.07) is 15.1.